The first kappa shape index (κ1) is 24.8. The van der Waals surface area contributed by atoms with Gasteiger partial charge in [-0.1, -0.05) is 23.7 Å². The summed E-state index contributed by atoms with van der Waals surface area (Å²) in [5.41, 5.74) is -5.14. The molecule has 4 rings (SSSR count). The van der Waals surface area contributed by atoms with Crippen LogP contribution >= 0.6 is 11.6 Å². The number of rotatable bonds is 2. The zero-order valence-electron chi connectivity index (χ0n) is 17.6. The second-order valence-electron chi connectivity index (χ2n) is 8.16. The molecule has 2 aromatic rings. The van der Waals surface area contributed by atoms with Crippen LogP contribution in [0, 0.1) is 0 Å². The first-order valence-corrected chi connectivity index (χ1v) is 10.6. The number of nitrogens with zero attached hydrogens (tertiary/aromatic N) is 2. The van der Waals surface area contributed by atoms with Gasteiger partial charge in [-0.15, -0.1) is 0 Å². The Balaban J connectivity index is 1.62. The van der Waals surface area contributed by atoms with Crippen LogP contribution in [-0.2, 0) is 17.1 Å². The van der Waals surface area contributed by atoms with E-state index >= 15 is 0 Å². The van der Waals surface area contributed by atoms with E-state index in [2.05, 4.69) is 5.32 Å². The van der Waals surface area contributed by atoms with Crippen molar-refractivity contribution in [3.8, 4) is 0 Å². The molecule has 0 atom stereocenters. The molecule has 0 bridgehead atoms. The van der Waals surface area contributed by atoms with Gasteiger partial charge in [0, 0.05) is 18.7 Å². The molecule has 2 heterocycles. The molecule has 1 spiro atoms. The number of likely N-dealkylation sites (tertiary alicyclic amines) is 1. The van der Waals surface area contributed by atoms with Crippen LogP contribution in [0.4, 0.5) is 36.8 Å². The number of amides is 4. The van der Waals surface area contributed by atoms with Crippen LogP contribution in [0.5, 0.6) is 0 Å². The lowest BCUT2D eigenvalue weighted by Crippen LogP contribution is -2.57. The molecule has 0 aromatic heterocycles. The molecule has 2 aliphatic rings. The zero-order chi connectivity index (χ0) is 25.8. The van der Waals surface area contributed by atoms with E-state index in [1.807, 2.05) is 0 Å². The molecule has 2 aromatic carbocycles. The summed E-state index contributed by atoms with van der Waals surface area (Å²) in [5, 5.41) is 2.41. The summed E-state index contributed by atoms with van der Waals surface area (Å²) in [4.78, 5) is 40.4. The third-order valence-corrected chi connectivity index (χ3v) is 6.40. The molecule has 13 heteroatoms. The summed E-state index contributed by atoms with van der Waals surface area (Å²) < 4.78 is 79.0. The normalized spacial score (nSPS) is 18.3. The van der Waals surface area contributed by atoms with Crippen LogP contribution in [0.1, 0.15) is 34.3 Å². The average Bonchev–Trinajstić information content (AvgIpc) is 3.01. The van der Waals surface area contributed by atoms with Gasteiger partial charge < -0.3 is 4.90 Å². The number of piperidine rings is 1. The Morgan fingerprint density at radius 2 is 1.46 bits per heavy atom. The highest BCUT2D eigenvalue weighted by Gasteiger charge is 2.55. The summed E-state index contributed by atoms with van der Waals surface area (Å²) in [6, 6.07) is 6.23. The van der Waals surface area contributed by atoms with E-state index in [-0.39, 0.29) is 42.7 Å². The predicted octanol–water partition coefficient (Wildman–Crippen LogP) is 5.11. The minimum atomic E-state index is -5.10. The molecular weight excluding hydrogens is 504 g/mol. The summed E-state index contributed by atoms with van der Waals surface area (Å²) in [7, 11) is 0. The van der Waals surface area contributed by atoms with Crippen molar-refractivity contribution in [1.29, 1.82) is 0 Å². The van der Waals surface area contributed by atoms with Crippen LogP contribution in [0.15, 0.2) is 42.5 Å². The fraction of sp³-hybridized carbons (Fsp3) is 0.318. The smallest absolute Gasteiger partial charge is 0.338 e. The molecule has 2 aliphatic heterocycles. The Morgan fingerprint density at radius 1 is 0.914 bits per heavy atom. The fourth-order valence-corrected chi connectivity index (χ4v) is 4.55. The van der Waals surface area contributed by atoms with Crippen molar-refractivity contribution in [2.75, 3.05) is 18.0 Å². The van der Waals surface area contributed by atoms with Crippen molar-refractivity contribution in [1.82, 2.24) is 10.2 Å². The molecule has 0 unspecified atom stereocenters. The third-order valence-electron chi connectivity index (χ3n) is 6.08. The van der Waals surface area contributed by atoms with Crippen molar-refractivity contribution in [3.63, 3.8) is 0 Å². The highest BCUT2D eigenvalue weighted by molar-refractivity contribution is 6.34. The minimum absolute atomic E-state index is 0.0576. The van der Waals surface area contributed by atoms with Crippen molar-refractivity contribution in [2.24, 2.45) is 0 Å². The topological polar surface area (TPSA) is 69.7 Å². The van der Waals surface area contributed by atoms with E-state index in [4.69, 9.17) is 11.6 Å². The first-order chi connectivity index (χ1) is 16.2. The molecule has 186 valence electrons. The molecule has 4 amide bonds. The Kier molecular flexibility index (Phi) is 5.98. The van der Waals surface area contributed by atoms with E-state index in [0.717, 1.165) is 4.90 Å². The molecular formula is C22H16ClF6N3O3. The second-order valence-corrected chi connectivity index (χ2v) is 8.57. The predicted molar refractivity (Wildman–Crippen MR) is 112 cm³/mol. The van der Waals surface area contributed by atoms with Gasteiger partial charge in [-0.3, -0.25) is 19.8 Å². The second kappa shape index (κ2) is 8.43. The van der Waals surface area contributed by atoms with Gasteiger partial charge in [0.1, 0.15) is 5.54 Å². The summed E-state index contributed by atoms with van der Waals surface area (Å²) in [5.74, 6) is -1.68. The number of nitrogens with one attached hydrogen (secondary N) is 1. The van der Waals surface area contributed by atoms with E-state index < -0.39 is 52.4 Å². The number of alkyl halides is 6. The maximum Gasteiger partial charge on any atom is 0.416 e. The van der Waals surface area contributed by atoms with Gasteiger partial charge in [0.05, 0.1) is 21.8 Å². The van der Waals surface area contributed by atoms with Crippen molar-refractivity contribution < 1.29 is 40.7 Å². The van der Waals surface area contributed by atoms with Gasteiger partial charge >= 0.3 is 18.4 Å². The number of urea groups is 1. The molecule has 2 fully saturated rings. The van der Waals surface area contributed by atoms with E-state index in [1.54, 1.807) is 12.1 Å². The summed E-state index contributed by atoms with van der Waals surface area (Å²) in [6.45, 7) is -0.393. The number of hydrogen-bond acceptors (Lipinski definition) is 3. The third kappa shape index (κ3) is 4.42. The SMILES string of the molecule is O=C(c1cc(C(F)(F)F)cc(C(F)(F)F)c1)N1CCC2(CC1)C(=O)NC(=O)N2c1ccccc1Cl. The summed E-state index contributed by atoms with van der Waals surface area (Å²) >= 11 is 6.20. The number of carbonyl (C=O) groups is 3. The Hall–Kier alpha value is -3.28. The lowest BCUT2D eigenvalue weighted by molar-refractivity contribution is -0.143. The number of para-hydroxylation sites is 1. The van der Waals surface area contributed by atoms with Crippen LogP contribution in [0.2, 0.25) is 5.02 Å². The molecule has 6 nitrogen and oxygen atoms in total. The molecule has 2 saturated heterocycles. The molecule has 0 aliphatic carbocycles. The van der Waals surface area contributed by atoms with Gasteiger partial charge in [-0.2, -0.15) is 26.3 Å². The van der Waals surface area contributed by atoms with E-state index in [0.29, 0.717) is 12.1 Å². The van der Waals surface area contributed by atoms with Crippen molar-refractivity contribution >= 4 is 35.1 Å². The lowest BCUT2D eigenvalue weighted by Gasteiger charge is -2.42. The number of halogens is 7. The highest BCUT2D eigenvalue weighted by atomic mass is 35.5. The quantitative estimate of drug-likeness (QED) is 0.443. The number of anilines is 1. The first-order valence-electron chi connectivity index (χ1n) is 10.2. The zero-order valence-corrected chi connectivity index (χ0v) is 18.4. The number of benzene rings is 2. The van der Waals surface area contributed by atoms with Crippen LogP contribution in [0.3, 0.4) is 0 Å². The number of imide groups is 1. The minimum Gasteiger partial charge on any atom is -0.338 e. The maximum atomic E-state index is 13.2. The fourth-order valence-electron chi connectivity index (χ4n) is 4.33. The van der Waals surface area contributed by atoms with Crippen molar-refractivity contribution in [3.05, 3.63) is 64.2 Å². The van der Waals surface area contributed by atoms with E-state index in [9.17, 15) is 40.7 Å². The largest absolute Gasteiger partial charge is 0.416 e. The van der Waals surface area contributed by atoms with E-state index in [1.165, 1.54) is 17.0 Å². The lowest BCUT2D eigenvalue weighted by atomic mass is 9.85. The van der Waals surface area contributed by atoms with Gasteiger partial charge in [0.25, 0.3) is 11.8 Å². The van der Waals surface area contributed by atoms with Crippen LogP contribution in [-0.4, -0.2) is 41.4 Å². The monoisotopic (exact) mass is 519 g/mol. The Labute approximate surface area is 199 Å². The molecule has 35 heavy (non-hydrogen) atoms. The Morgan fingerprint density at radius 3 is 1.97 bits per heavy atom. The van der Waals surface area contributed by atoms with Crippen LogP contribution < -0.4 is 10.2 Å². The Bertz CT molecular complexity index is 1170. The van der Waals surface area contributed by atoms with Crippen LogP contribution in [0.25, 0.3) is 0 Å². The van der Waals surface area contributed by atoms with Gasteiger partial charge in [0.15, 0.2) is 0 Å². The van der Waals surface area contributed by atoms with Gasteiger partial charge in [-0.25, -0.2) is 4.79 Å². The van der Waals surface area contributed by atoms with Gasteiger partial charge in [0.2, 0.25) is 0 Å². The van der Waals surface area contributed by atoms with Gasteiger partial charge in [-0.05, 0) is 43.2 Å². The highest BCUT2D eigenvalue weighted by Crippen LogP contribution is 2.41. The standard InChI is InChI=1S/C22H16ClF6N3O3/c23-15-3-1-2-4-16(15)32-19(35)30-18(34)20(32)5-7-31(8-6-20)17(33)12-9-13(21(24,25)26)11-14(10-12)22(27,28)29/h1-4,9-11H,5-8H2,(H,30,34,35). The number of hydrogen-bond donors (Lipinski definition) is 1. The summed E-state index contributed by atoms with van der Waals surface area (Å²) in [6.07, 6.45) is -10.4. The molecule has 0 radical (unpaired) electrons. The number of carbonyl (C=O) groups excluding carboxylic acids is 3. The average molecular weight is 520 g/mol. The molecule has 1 N–H and O–H groups in total. The maximum absolute atomic E-state index is 13.2. The van der Waals surface area contributed by atoms with Crippen molar-refractivity contribution in [2.45, 2.75) is 30.7 Å². The molecule has 0 saturated carbocycles.